The Balaban J connectivity index is 2.04. The molecule has 4 nitrogen and oxygen atoms in total. The third kappa shape index (κ3) is 3.24. The highest BCUT2D eigenvalue weighted by Gasteiger charge is 2.14. The number of thiazole rings is 1. The number of hydrogen-bond donors (Lipinski definition) is 1. The van der Waals surface area contributed by atoms with Gasteiger partial charge >= 0.3 is 0 Å². The van der Waals surface area contributed by atoms with Crippen molar-refractivity contribution in [2.24, 2.45) is 7.05 Å². The van der Waals surface area contributed by atoms with Crippen LogP contribution < -0.4 is 5.32 Å². The molecule has 2 rings (SSSR count). The minimum absolute atomic E-state index is 0.255. The van der Waals surface area contributed by atoms with Gasteiger partial charge in [-0.25, -0.2) is 4.98 Å². The molecule has 0 aliphatic rings. The molecule has 0 aromatic carbocycles. The van der Waals surface area contributed by atoms with Gasteiger partial charge in [0.05, 0.1) is 21.9 Å². The average molecular weight is 343 g/mol. The van der Waals surface area contributed by atoms with Crippen molar-refractivity contribution in [1.82, 2.24) is 20.1 Å². The summed E-state index contributed by atoms with van der Waals surface area (Å²) in [4.78, 5) is 5.66. The minimum atomic E-state index is 0.255. The van der Waals surface area contributed by atoms with E-state index in [4.69, 9.17) is 0 Å². The van der Waals surface area contributed by atoms with Gasteiger partial charge in [-0.15, -0.1) is 11.3 Å². The Kier molecular flexibility index (Phi) is 4.76. The fraction of sp³-hybridized carbons (Fsp3) is 0.538. The van der Waals surface area contributed by atoms with E-state index in [1.54, 1.807) is 11.3 Å². The maximum atomic E-state index is 4.50. The summed E-state index contributed by atoms with van der Waals surface area (Å²) in [7, 11) is 1.99. The van der Waals surface area contributed by atoms with E-state index in [-0.39, 0.29) is 6.04 Å². The summed E-state index contributed by atoms with van der Waals surface area (Å²) in [5.41, 5.74) is 2.29. The van der Waals surface area contributed by atoms with E-state index in [0.717, 1.165) is 28.1 Å². The third-order valence-corrected chi connectivity index (χ3v) is 5.10. The lowest BCUT2D eigenvalue weighted by Crippen LogP contribution is -2.19. The van der Waals surface area contributed by atoms with Crippen molar-refractivity contribution < 1.29 is 0 Å². The zero-order valence-corrected chi connectivity index (χ0v) is 14.1. The first kappa shape index (κ1) is 14.7. The highest BCUT2D eigenvalue weighted by molar-refractivity contribution is 9.10. The van der Waals surface area contributed by atoms with Gasteiger partial charge in [0.25, 0.3) is 0 Å². The molecule has 2 aromatic rings. The Bertz CT molecular complexity index is 561. The smallest absolute Gasteiger partial charge is 0.109 e. The molecule has 0 fully saturated rings. The van der Waals surface area contributed by atoms with Gasteiger partial charge in [-0.1, -0.05) is 6.92 Å². The number of hydrogen-bond acceptors (Lipinski definition) is 4. The summed E-state index contributed by atoms with van der Waals surface area (Å²) in [6, 6.07) is 0.255. The molecule has 0 saturated heterocycles. The molecule has 19 heavy (non-hydrogen) atoms. The van der Waals surface area contributed by atoms with Crippen LogP contribution in [0.2, 0.25) is 0 Å². The van der Waals surface area contributed by atoms with E-state index in [0.29, 0.717) is 0 Å². The summed E-state index contributed by atoms with van der Waals surface area (Å²) in [5.74, 6) is 0. The number of nitrogens with one attached hydrogen (secondary N) is 1. The first-order valence-corrected chi connectivity index (χ1v) is 7.99. The van der Waals surface area contributed by atoms with Crippen molar-refractivity contribution in [3.63, 3.8) is 0 Å². The minimum Gasteiger partial charge on any atom is -0.302 e. The Morgan fingerprint density at radius 3 is 2.79 bits per heavy atom. The van der Waals surface area contributed by atoms with Crippen molar-refractivity contribution in [2.45, 2.75) is 39.8 Å². The van der Waals surface area contributed by atoms with Crippen LogP contribution in [0.5, 0.6) is 0 Å². The second kappa shape index (κ2) is 6.15. The molecule has 0 aliphatic carbocycles. The molecule has 1 atom stereocenters. The van der Waals surface area contributed by atoms with Crippen molar-refractivity contribution in [2.75, 3.05) is 0 Å². The summed E-state index contributed by atoms with van der Waals surface area (Å²) in [5, 5.41) is 9.14. The highest BCUT2D eigenvalue weighted by Crippen LogP contribution is 2.23. The number of aryl methyl sites for hydroxylation is 3. The van der Waals surface area contributed by atoms with Gasteiger partial charge in [0.15, 0.2) is 0 Å². The van der Waals surface area contributed by atoms with E-state index < -0.39 is 0 Å². The van der Waals surface area contributed by atoms with Gasteiger partial charge in [0, 0.05) is 24.7 Å². The standard InChI is InChI=1S/C13H19BrN4S/c1-5-10-12(14)11(18(4)17-10)7-15-9(3)13-16-6-8(2)19-13/h6,9,15H,5,7H2,1-4H3. The van der Waals surface area contributed by atoms with E-state index in [1.165, 1.54) is 10.6 Å². The van der Waals surface area contributed by atoms with Crippen LogP contribution >= 0.6 is 27.3 Å². The molecule has 2 aromatic heterocycles. The van der Waals surface area contributed by atoms with Crippen LogP contribution in [-0.4, -0.2) is 14.8 Å². The monoisotopic (exact) mass is 342 g/mol. The summed E-state index contributed by atoms with van der Waals surface area (Å²) >= 11 is 5.38. The Hall–Kier alpha value is -0.720. The molecule has 0 amide bonds. The second-order valence-corrected chi connectivity index (χ2v) is 6.66. The molecule has 0 radical (unpaired) electrons. The van der Waals surface area contributed by atoms with E-state index in [1.807, 2.05) is 17.9 Å². The first-order valence-electron chi connectivity index (χ1n) is 6.38. The number of rotatable bonds is 5. The molecule has 104 valence electrons. The second-order valence-electron chi connectivity index (χ2n) is 4.60. The van der Waals surface area contributed by atoms with Crippen LogP contribution in [-0.2, 0) is 20.0 Å². The Labute approximate surface area is 126 Å². The maximum Gasteiger partial charge on any atom is 0.109 e. The summed E-state index contributed by atoms with van der Waals surface area (Å²) in [6.07, 6.45) is 2.86. The summed E-state index contributed by atoms with van der Waals surface area (Å²) < 4.78 is 3.06. The largest absolute Gasteiger partial charge is 0.302 e. The third-order valence-electron chi connectivity index (χ3n) is 3.09. The topological polar surface area (TPSA) is 42.7 Å². The van der Waals surface area contributed by atoms with Gasteiger partial charge in [-0.3, -0.25) is 4.68 Å². The van der Waals surface area contributed by atoms with Crippen LogP contribution in [0.25, 0.3) is 0 Å². The predicted molar refractivity (Wildman–Crippen MR) is 82.4 cm³/mol. The summed E-state index contributed by atoms with van der Waals surface area (Å²) in [6.45, 7) is 7.12. The zero-order valence-electron chi connectivity index (χ0n) is 11.7. The van der Waals surface area contributed by atoms with Crippen molar-refractivity contribution in [3.8, 4) is 0 Å². The molecule has 0 saturated carbocycles. The fourth-order valence-electron chi connectivity index (χ4n) is 1.92. The zero-order chi connectivity index (χ0) is 14.0. The molecule has 0 spiro atoms. The lowest BCUT2D eigenvalue weighted by Gasteiger charge is -2.11. The predicted octanol–water partition coefficient (Wildman–Crippen LogP) is 3.36. The Morgan fingerprint density at radius 1 is 1.53 bits per heavy atom. The molecule has 6 heteroatoms. The quantitative estimate of drug-likeness (QED) is 0.905. The molecule has 1 unspecified atom stereocenters. The van der Waals surface area contributed by atoms with Gasteiger partial charge in [-0.05, 0) is 36.2 Å². The van der Waals surface area contributed by atoms with Crippen molar-refractivity contribution >= 4 is 27.3 Å². The van der Waals surface area contributed by atoms with E-state index >= 15 is 0 Å². The van der Waals surface area contributed by atoms with Gasteiger partial charge in [-0.2, -0.15) is 5.10 Å². The molecule has 1 N–H and O–H groups in total. The first-order chi connectivity index (χ1) is 9.02. The van der Waals surface area contributed by atoms with Crippen molar-refractivity contribution in [1.29, 1.82) is 0 Å². The van der Waals surface area contributed by atoms with E-state index in [9.17, 15) is 0 Å². The van der Waals surface area contributed by atoms with E-state index in [2.05, 4.69) is 52.1 Å². The van der Waals surface area contributed by atoms with Crippen LogP contribution in [0.15, 0.2) is 10.7 Å². The SMILES string of the molecule is CCc1nn(C)c(CNC(C)c2ncc(C)s2)c1Br. The van der Waals surface area contributed by atoms with Crippen LogP contribution in [0.4, 0.5) is 0 Å². The molecule has 0 bridgehead atoms. The lowest BCUT2D eigenvalue weighted by atomic mass is 10.3. The normalized spacial score (nSPS) is 12.9. The highest BCUT2D eigenvalue weighted by atomic mass is 79.9. The van der Waals surface area contributed by atoms with Crippen LogP contribution in [0, 0.1) is 6.92 Å². The van der Waals surface area contributed by atoms with Crippen LogP contribution in [0.1, 0.15) is 41.2 Å². The van der Waals surface area contributed by atoms with Gasteiger partial charge in [0.1, 0.15) is 5.01 Å². The molecule has 0 aliphatic heterocycles. The number of nitrogens with zero attached hydrogens (tertiary/aromatic N) is 3. The number of halogens is 1. The van der Waals surface area contributed by atoms with Crippen LogP contribution in [0.3, 0.4) is 0 Å². The van der Waals surface area contributed by atoms with Gasteiger partial charge in [0.2, 0.25) is 0 Å². The number of aromatic nitrogens is 3. The maximum absolute atomic E-state index is 4.50. The Morgan fingerprint density at radius 2 is 2.26 bits per heavy atom. The van der Waals surface area contributed by atoms with Gasteiger partial charge < -0.3 is 5.32 Å². The molecular weight excluding hydrogens is 324 g/mol. The molecular formula is C13H19BrN4S. The fourth-order valence-corrected chi connectivity index (χ4v) is 3.48. The molecule has 2 heterocycles. The average Bonchev–Trinajstić information content (AvgIpc) is 2.92. The lowest BCUT2D eigenvalue weighted by molar-refractivity contribution is 0.544. The van der Waals surface area contributed by atoms with Crippen molar-refractivity contribution in [3.05, 3.63) is 31.9 Å².